The van der Waals surface area contributed by atoms with E-state index >= 15 is 0 Å². The van der Waals surface area contributed by atoms with Crippen LogP contribution in [0.4, 0.5) is 5.69 Å². The number of hydrogen-bond donors (Lipinski definition) is 1. The summed E-state index contributed by atoms with van der Waals surface area (Å²) in [5.41, 5.74) is 1.28. The second kappa shape index (κ2) is 7.71. The molecule has 2 heterocycles. The summed E-state index contributed by atoms with van der Waals surface area (Å²) < 4.78 is 7.65. The van der Waals surface area contributed by atoms with Crippen molar-refractivity contribution in [3.63, 3.8) is 0 Å². The maximum atomic E-state index is 12.2. The maximum Gasteiger partial charge on any atom is 0.255 e. The van der Waals surface area contributed by atoms with Crippen molar-refractivity contribution in [3.05, 3.63) is 90.8 Å². The van der Waals surface area contributed by atoms with Crippen molar-refractivity contribution in [2.24, 2.45) is 0 Å². The molecule has 1 amide bonds. The number of aromatic nitrogens is 4. The normalized spacial score (nSPS) is 10.5. The highest BCUT2D eigenvalue weighted by atomic mass is 16.5. The van der Waals surface area contributed by atoms with Crippen molar-refractivity contribution in [2.45, 2.75) is 6.92 Å². The molecule has 0 bridgehead atoms. The molecule has 2 aromatic carbocycles. The van der Waals surface area contributed by atoms with E-state index < -0.39 is 0 Å². The standard InChI is InChI=1S/C21H17N5O2/c1-15-22-11-12-26(15)19-13-20(24-14-23-19)28-18-9-7-17(8-10-18)25-21(27)16-5-3-2-4-6-16/h2-14H,1H3,(H,25,27). The van der Waals surface area contributed by atoms with Crippen LogP contribution in [0.25, 0.3) is 5.82 Å². The van der Waals surface area contributed by atoms with Gasteiger partial charge in [0.15, 0.2) is 0 Å². The van der Waals surface area contributed by atoms with Gasteiger partial charge in [-0.3, -0.25) is 9.36 Å². The van der Waals surface area contributed by atoms with Crippen molar-refractivity contribution in [1.29, 1.82) is 0 Å². The van der Waals surface area contributed by atoms with Crippen LogP contribution in [0.2, 0.25) is 0 Å². The number of imidazole rings is 1. The molecule has 7 heteroatoms. The molecule has 138 valence electrons. The van der Waals surface area contributed by atoms with Gasteiger partial charge in [0.25, 0.3) is 5.91 Å². The van der Waals surface area contributed by atoms with E-state index in [2.05, 4.69) is 20.3 Å². The summed E-state index contributed by atoms with van der Waals surface area (Å²) in [4.78, 5) is 24.8. The molecule has 0 aliphatic carbocycles. The molecular weight excluding hydrogens is 354 g/mol. The summed E-state index contributed by atoms with van der Waals surface area (Å²) in [6.45, 7) is 1.89. The zero-order valence-electron chi connectivity index (χ0n) is 15.1. The second-order valence-corrected chi connectivity index (χ2v) is 6.01. The summed E-state index contributed by atoms with van der Waals surface area (Å²) in [6, 6.07) is 17.9. The fourth-order valence-electron chi connectivity index (χ4n) is 2.66. The van der Waals surface area contributed by atoms with Crippen LogP contribution in [-0.4, -0.2) is 25.4 Å². The number of aryl methyl sites for hydroxylation is 1. The average molecular weight is 371 g/mol. The molecular formula is C21H17N5O2. The van der Waals surface area contributed by atoms with E-state index in [4.69, 9.17) is 4.74 Å². The number of ether oxygens (including phenoxy) is 1. The minimum atomic E-state index is -0.162. The number of benzene rings is 2. The van der Waals surface area contributed by atoms with Crippen LogP contribution >= 0.6 is 0 Å². The van der Waals surface area contributed by atoms with Crippen molar-refractivity contribution in [2.75, 3.05) is 5.32 Å². The number of hydrogen-bond acceptors (Lipinski definition) is 5. The van der Waals surface area contributed by atoms with E-state index in [9.17, 15) is 4.79 Å². The van der Waals surface area contributed by atoms with Crippen LogP contribution < -0.4 is 10.1 Å². The highest BCUT2D eigenvalue weighted by molar-refractivity contribution is 6.04. The molecule has 7 nitrogen and oxygen atoms in total. The third-order valence-corrected chi connectivity index (χ3v) is 4.07. The van der Waals surface area contributed by atoms with Crippen LogP contribution in [0.15, 0.2) is 79.4 Å². The molecule has 28 heavy (non-hydrogen) atoms. The summed E-state index contributed by atoms with van der Waals surface area (Å²) in [5.74, 6) is 2.35. The quantitative estimate of drug-likeness (QED) is 0.573. The lowest BCUT2D eigenvalue weighted by Gasteiger charge is -2.09. The largest absolute Gasteiger partial charge is 0.439 e. The lowest BCUT2D eigenvalue weighted by Crippen LogP contribution is -2.11. The number of amides is 1. The number of carbonyl (C=O) groups excluding carboxylic acids is 1. The van der Waals surface area contributed by atoms with Gasteiger partial charge in [0.1, 0.15) is 23.7 Å². The molecule has 0 aliphatic heterocycles. The van der Waals surface area contributed by atoms with E-state index in [-0.39, 0.29) is 5.91 Å². The van der Waals surface area contributed by atoms with E-state index in [1.165, 1.54) is 6.33 Å². The van der Waals surface area contributed by atoms with E-state index in [0.29, 0.717) is 28.7 Å². The zero-order valence-corrected chi connectivity index (χ0v) is 15.1. The highest BCUT2D eigenvalue weighted by Crippen LogP contribution is 2.23. The summed E-state index contributed by atoms with van der Waals surface area (Å²) in [6.07, 6.45) is 4.98. The highest BCUT2D eigenvalue weighted by Gasteiger charge is 2.07. The van der Waals surface area contributed by atoms with Crippen molar-refractivity contribution in [1.82, 2.24) is 19.5 Å². The molecule has 0 saturated heterocycles. The minimum Gasteiger partial charge on any atom is -0.439 e. The van der Waals surface area contributed by atoms with Crippen LogP contribution in [-0.2, 0) is 0 Å². The predicted octanol–water partition coefficient (Wildman–Crippen LogP) is 4.02. The van der Waals surface area contributed by atoms with Crippen molar-refractivity contribution < 1.29 is 9.53 Å². The third kappa shape index (κ3) is 3.88. The predicted molar refractivity (Wildman–Crippen MR) is 105 cm³/mol. The first kappa shape index (κ1) is 17.4. The molecule has 2 aromatic heterocycles. The van der Waals surface area contributed by atoms with E-state index in [1.807, 2.05) is 35.9 Å². The van der Waals surface area contributed by atoms with E-state index in [0.717, 1.165) is 5.82 Å². The van der Waals surface area contributed by atoms with Crippen molar-refractivity contribution >= 4 is 11.6 Å². The Balaban J connectivity index is 1.45. The van der Waals surface area contributed by atoms with Gasteiger partial charge in [-0.1, -0.05) is 18.2 Å². The van der Waals surface area contributed by atoms with Gasteiger partial charge < -0.3 is 10.1 Å². The molecule has 4 rings (SSSR count). The second-order valence-electron chi connectivity index (χ2n) is 6.01. The first-order valence-electron chi connectivity index (χ1n) is 8.66. The number of nitrogens with one attached hydrogen (secondary N) is 1. The number of anilines is 1. The number of rotatable bonds is 5. The van der Waals surface area contributed by atoms with Crippen LogP contribution in [0, 0.1) is 6.92 Å². The Kier molecular flexibility index (Phi) is 4.79. The van der Waals surface area contributed by atoms with Crippen molar-refractivity contribution in [3.8, 4) is 17.4 Å². The summed E-state index contributed by atoms with van der Waals surface area (Å²) in [5, 5.41) is 2.85. The van der Waals surface area contributed by atoms with E-state index in [1.54, 1.807) is 48.7 Å². The Hall–Kier alpha value is -4.00. The van der Waals surface area contributed by atoms with Gasteiger partial charge in [-0.15, -0.1) is 0 Å². The number of carbonyl (C=O) groups is 1. The summed E-state index contributed by atoms with van der Waals surface area (Å²) >= 11 is 0. The molecule has 0 spiro atoms. The molecule has 0 fully saturated rings. The maximum absolute atomic E-state index is 12.2. The van der Waals surface area contributed by atoms with Gasteiger partial charge in [-0.2, -0.15) is 0 Å². The smallest absolute Gasteiger partial charge is 0.255 e. The van der Waals surface area contributed by atoms with Gasteiger partial charge in [-0.05, 0) is 43.3 Å². The Morgan fingerprint density at radius 1 is 1.00 bits per heavy atom. The SMILES string of the molecule is Cc1nccn1-c1cc(Oc2ccc(NC(=O)c3ccccc3)cc2)ncn1. The first-order valence-corrected chi connectivity index (χ1v) is 8.66. The van der Waals surface area contributed by atoms with Gasteiger partial charge in [-0.25, -0.2) is 15.0 Å². The first-order chi connectivity index (χ1) is 13.7. The van der Waals surface area contributed by atoms with Gasteiger partial charge in [0.2, 0.25) is 5.88 Å². The molecule has 0 aliphatic rings. The molecule has 0 radical (unpaired) electrons. The van der Waals surface area contributed by atoms with Crippen LogP contribution in [0.5, 0.6) is 11.6 Å². The molecule has 1 N–H and O–H groups in total. The lowest BCUT2D eigenvalue weighted by atomic mass is 10.2. The molecule has 4 aromatic rings. The van der Waals surface area contributed by atoms with Crippen LogP contribution in [0.3, 0.4) is 0 Å². The van der Waals surface area contributed by atoms with Crippen LogP contribution in [0.1, 0.15) is 16.2 Å². The Morgan fingerprint density at radius 3 is 2.50 bits per heavy atom. The Bertz CT molecular complexity index is 1090. The Morgan fingerprint density at radius 2 is 1.79 bits per heavy atom. The third-order valence-electron chi connectivity index (χ3n) is 4.07. The monoisotopic (exact) mass is 371 g/mol. The van der Waals surface area contributed by atoms with Gasteiger partial charge in [0, 0.05) is 29.7 Å². The Labute approximate surface area is 161 Å². The number of nitrogens with zero attached hydrogens (tertiary/aromatic N) is 4. The summed E-state index contributed by atoms with van der Waals surface area (Å²) in [7, 11) is 0. The van der Waals surface area contributed by atoms with Gasteiger partial charge >= 0.3 is 0 Å². The fourth-order valence-corrected chi connectivity index (χ4v) is 2.66. The molecule has 0 atom stereocenters. The van der Waals surface area contributed by atoms with Gasteiger partial charge in [0.05, 0.1) is 0 Å². The fraction of sp³-hybridized carbons (Fsp3) is 0.0476. The molecule has 0 unspecified atom stereocenters. The molecule has 0 saturated carbocycles. The topological polar surface area (TPSA) is 81.9 Å². The zero-order chi connectivity index (χ0) is 19.3. The average Bonchev–Trinajstić information content (AvgIpc) is 3.16. The lowest BCUT2D eigenvalue weighted by molar-refractivity contribution is 0.102. The minimum absolute atomic E-state index is 0.162.